The SMILES string of the molecule is CCCCCCCCCCN1C(=O)C(SCc2ccco2)=C(c2ccc(C)c(C)c2)C1=O. The number of nitrogens with zero attached hydrogens (tertiary/aromatic N) is 1. The van der Waals surface area contributed by atoms with Gasteiger partial charge in [-0.05, 0) is 49.1 Å². The Kier molecular flexibility index (Phi) is 9.22. The number of rotatable bonds is 13. The van der Waals surface area contributed by atoms with E-state index in [1.165, 1.54) is 54.3 Å². The van der Waals surface area contributed by atoms with E-state index in [-0.39, 0.29) is 11.8 Å². The van der Waals surface area contributed by atoms with E-state index in [0.29, 0.717) is 22.8 Å². The first-order valence-corrected chi connectivity index (χ1v) is 12.8. The first-order chi connectivity index (χ1) is 15.5. The Bertz CT molecular complexity index is 946. The Balaban J connectivity index is 1.68. The second-order valence-electron chi connectivity index (χ2n) is 8.61. The number of carbonyl (C=O) groups is 2. The summed E-state index contributed by atoms with van der Waals surface area (Å²) in [6.07, 6.45) is 11.1. The van der Waals surface area contributed by atoms with Crippen molar-refractivity contribution in [3.63, 3.8) is 0 Å². The third-order valence-electron chi connectivity index (χ3n) is 6.10. The van der Waals surface area contributed by atoms with E-state index >= 15 is 0 Å². The zero-order valence-electron chi connectivity index (χ0n) is 19.6. The molecule has 3 rings (SSSR count). The average molecular weight is 454 g/mol. The summed E-state index contributed by atoms with van der Waals surface area (Å²) >= 11 is 1.40. The molecule has 1 aromatic carbocycles. The Hall–Kier alpha value is -2.27. The first kappa shape index (κ1) is 24.4. The molecule has 172 valence electrons. The highest BCUT2D eigenvalue weighted by Gasteiger charge is 2.38. The van der Waals surface area contributed by atoms with E-state index in [1.54, 1.807) is 6.26 Å². The standard InChI is InChI=1S/C27H35NO3S/c1-4-5-6-7-8-9-10-11-16-28-26(29)24(22-15-14-20(2)21(3)18-22)25(27(28)30)32-19-23-13-12-17-31-23/h12-15,17-18H,4-11,16,19H2,1-3H3. The summed E-state index contributed by atoms with van der Waals surface area (Å²) in [6.45, 7) is 6.81. The molecule has 0 radical (unpaired) electrons. The number of carbonyl (C=O) groups excluding carboxylic acids is 2. The van der Waals surface area contributed by atoms with Gasteiger partial charge in [0.15, 0.2) is 0 Å². The lowest BCUT2D eigenvalue weighted by molar-refractivity contribution is -0.136. The van der Waals surface area contributed by atoms with Crippen molar-refractivity contribution in [2.24, 2.45) is 0 Å². The van der Waals surface area contributed by atoms with Gasteiger partial charge >= 0.3 is 0 Å². The van der Waals surface area contributed by atoms with Crippen molar-refractivity contribution in [2.45, 2.75) is 77.9 Å². The number of hydrogen-bond acceptors (Lipinski definition) is 4. The molecule has 2 aromatic rings. The fourth-order valence-corrected chi connectivity index (χ4v) is 5.02. The van der Waals surface area contributed by atoms with Gasteiger partial charge in [0.25, 0.3) is 11.8 Å². The number of hydrogen-bond donors (Lipinski definition) is 0. The van der Waals surface area contributed by atoms with Gasteiger partial charge in [-0.15, -0.1) is 11.8 Å². The predicted octanol–water partition coefficient (Wildman–Crippen LogP) is 7.05. The monoisotopic (exact) mass is 453 g/mol. The Morgan fingerprint density at radius 2 is 1.59 bits per heavy atom. The van der Waals surface area contributed by atoms with Gasteiger partial charge in [-0.2, -0.15) is 0 Å². The predicted molar refractivity (Wildman–Crippen MR) is 132 cm³/mol. The minimum Gasteiger partial charge on any atom is -0.468 e. The highest BCUT2D eigenvalue weighted by atomic mass is 32.2. The number of unbranched alkanes of at least 4 members (excludes halogenated alkanes) is 7. The lowest BCUT2D eigenvalue weighted by atomic mass is 10.0. The minimum atomic E-state index is -0.164. The van der Waals surface area contributed by atoms with Gasteiger partial charge < -0.3 is 4.42 Å². The second-order valence-corrected chi connectivity index (χ2v) is 9.59. The van der Waals surface area contributed by atoms with E-state index in [4.69, 9.17) is 4.42 Å². The summed E-state index contributed by atoms with van der Waals surface area (Å²) in [5.74, 6) is 0.996. The molecule has 5 heteroatoms. The molecule has 1 aliphatic heterocycles. The van der Waals surface area contributed by atoms with Crippen LogP contribution in [-0.4, -0.2) is 23.3 Å². The van der Waals surface area contributed by atoms with Crippen LogP contribution < -0.4 is 0 Å². The van der Waals surface area contributed by atoms with Crippen LogP contribution in [0.2, 0.25) is 0 Å². The molecular formula is C27H35NO3S. The lowest BCUT2D eigenvalue weighted by Gasteiger charge is -2.15. The van der Waals surface area contributed by atoms with Gasteiger partial charge in [0, 0.05) is 6.54 Å². The summed E-state index contributed by atoms with van der Waals surface area (Å²) < 4.78 is 5.43. The van der Waals surface area contributed by atoms with Crippen LogP contribution in [0.4, 0.5) is 0 Å². The highest BCUT2D eigenvalue weighted by molar-refractivity contribution is 8.03. The highest BCUT2D eigenvalue weighted by Crippen LogP contribution is 2.38. The average Bonchev–Trinajstić information content (AvgIpc) is 3.38. The fourth-order valence-electron chi connectivity index (χ4n) is 3.98. The number of thioether (sulfide) groups is 1. The largest absolute Gasteiger partial charge is 0.468 e. The normalized spacial score (nSPS) is 14.2. The van der Waals surface area contributed by atoms with Gasteiger partial charge in [0.1, 0.15) is 5.76 Å². The quantitative estimate of drug-likeness (QED) is 0.241. The van der Waals surface area contributed by atoms with E-state index in [0.717, 1.165) is 36.1 Å². The molecular weight excluding hydrogens is 418 g/mol. The van der Waals surface area contributed by atoms with Gasteiger partial charge in [0.05, 0.1) is 22.5 Å². The Morgan fingerprint density at radius 1 is 0.875 bits per heavy atom. The maximum absolute atomic E-state index is 13.3. The number of aryl methyl sites for hydroxylation is 2. The van der Waals surface area contributed by atoms with E-state index < -0.39 is 0 Å². The van der Waals surface area contributed by atoms with Gasteiger partial charge in [-0.1, -0.05) is 70.1 Å². The van der Waals surface area contributed by atoms with Crippen LogP contribution in [0.3, 0.4) is 0 Å². The molecule has 0 atom stereocenters. The summed E-state index contributed by atoms with van der Waals surface area (Å²) in [4.78, 5) is 28.6. The van der Waals surface area contributed by atoms with Crippen molar-refractivity contribution in [3.05, 3.63) is 64.0 Å². The van der Waals surface area contributed by atoms with Crippen LogP contribution in [0.15, 0.2) is 45.9 Å². The van der Waals surface area contributed by atoms with Crippen molar-refractivity contribution >= 4 is 29.1 Å². The maximum Gasteiger partial charge on any atom is 0.267 e. The van der Waals surface area contributed by atoms with E-state index in [1.807, 2.05) is 37.3 Å². The van der Waals surface area contributed by atoms with Crippen molar-refractivity contribution in [1.82, 2.24) is 4.90 Å². The molecule has 0 unspecified atom stereocenters. The second kappa shape index (κ2) is 12.1. The Labute approximate surface area is 196 Å². The van der Waals surface area contributed by atoms with E-state index in [2.05, 4.69) is 13.8 Å². The van der Waals surface area contributed by atoms with Gasteiger partial charge in [0.2, 0.25) is 0 Å². The topological polar surface area (TPSA) is 50.5 Å². The molecule has 1 aliphatic rings. The van der Waals surface area contributed by atoms with Gasteiger partial charge in [-0.3, -0.25) is 14.5 Å². The third kappa shape index (κ3) is 6.16. The van der Waals surface area contributed by atoms with Crippen LogP contribution in [0.5, 0.6) is 0 Å². The molecule has 0 spiro atoms. The van der Waals surface area contributed by atoms with Crippen LogP contribution in [0.25, 0.3) is 5.57 Å². The molecule has 0 saturated heterocycles. The number of imide groups is 1. The summed E-state index contributed by atoms with van der Waals surface area (Å²) in [5.41, 5.74) is 3.65. The van der Waals surface area contributed by atoms with Crippen LogP contribution in [0.1, 0.15) is 80.7 Å². The molecule has 32 heavy (non-hydrogen) atoms. The molecule has 1 aromatic heterocycles. The molecule has 0 N–H and O–H groups in total. The molecule has 2 amide bonds. The number of furan rings is 1. The number of amides is 2. The molecule has 0 fully saturated rings. The third-order valence-corrected chi connectivity index (χ3v) is 7.19. The van der Waals surface area contributed by atoms with E-state index in [9.17, 15) is 9.59 Å². The van der Waals surface area contributed by atoms with Crippen LogP contribution >= 0.6 is 11.8 Å². The van der Waals surface area contributed by atoms with Crippen LogP contribution in [-0.2, 0) is 15.3 Å². The molecule has 0 saturated carbocycles. The molecule has 2 heterocycles. The molecule has 0 aliphatic carbocycles. The minimum absolute atomic E-state index is 0.164. The first-order valence-electron chi connectivity index (χ1n) is 11.9. The Morgan fingerprint density at radius 3 is 2.25 bits per heavy atom. The number of benzene rings is 1. The smallest absolute Gasteiger partial charge is 0.267 e. The van der Waals surface area contributed by atoms with Crippen molar-refractivity contribution in [3.8, 4) is 0 Å². The molecule has 0 bridgehead atoms. The van der Waals surface area contributed by atoms with Crippen molar-refractivity contribution in [2.75, 3.05) is 6.54 Å². The van der Waals surface area contributed by atoms with Crippen LogP contribution in [0, 0.1) is 13.8 Å². The zero-order valence-corrected chi connectivity index (χ0v) is 20.4. The fraction of sp³-hybridized carbons (Fsp3) is 0.481. The maximum atomic E-state index is 13.3. The summed E-state index contributed by atoms with van der Waals surface area (Å²) in [5, 5.41) is 0. The molecule has 4 nitrogen and oxygen atoms in total. The zero-order chi connectivity index (χ0) is 22.9. The van der Waals surface area contributed by atoms with Crippen molar-refractivity contribution < 1.29 is 14.0 Å². The summed E-state index contributed by atoms with van der Waals surface area (Å²) in [7, 11) is 0. The van der Waals surface area contributed by atoms with Gasteiger partial charge in [-0.25, -0.2) is 0 Å². The summed E-state index contributed by atoms with van der Waals surface area (Å²) in [6, 6.07) is 9.72. The van der Waals surface area contributed by atoms with Crippen molar-refractivity contribution in [1.29, 1.82) is 0 Å². The lowest BCUT2D eigenvalue weighted by Crippen LogP contribution is -2.32.